The zero-order chi connectivity index (χ0) is 28.7. The predicted octanol–water partition coefficient (Wildman–Crippen LogP) is 3.96. The number of benzene rings is 2. The van der Waals surface area contributed by atoms with Crippen LogP contribution < -0.4 is 0 Å². The smallest absolute Gasteiger partial charge is 0.266 e. The van der Waals surface area contributed by atoms with E-state index in [-0.39, 0.29) is 22.3 Å². The maximum Gasteiger partial charge on any atom is 0.266 e. The lowest BCUT2D eigenvalue weighted by Gasteiger charge is -2.20. The van der Waals surface area contributed by atoms with Crippen LogP contribution in [0.15, 0.2) is 70.6 Å². The summed E-state index contributed by atoms with van der Waals surface area (Å²) >= 11 is 6.60. The summed E-state index contributed by atoms with van der Waals surface area (Å²) in [5.74, 6) is -0.403. The number of rotatable bonds is 8. The highest BCUT2D eigenvalue weighted by Gasteiger charge is 2.42. The zero-order valence-corrected chi connectivity index (χ0v) is 25.2. The molecule has 13 heteroatoms. The Hall–Kier alpha value is -2.84. The van der Waals surface area contributed by atoms with Gasteiger partial charge in [0.1, 0.15) is 10.0 Å². The molecule has 1 amide bonds. The van der Waals surface area contributed by atoms with E-state index in [9.17, 15) is 21.6 Å². The highest BCUT2D eigenvalue weighted by molar-refractivity contribution is 8.26. The summed E-state index contributed by atoms with van der Waals surface area (Å²) in [6.07, 6.45) is 3.83. The molecule has 3 aromatic rings. The number of thiocarbonyl (C=S) groups is 1. The van der Waals surface area contributed by atoms with Crippen LogP contribution in [-0.2, 0) is 24.7 Å². The first-order chi connectivity index (χ1) is 19.0. The maximum atomic E-state index is 13.4. The van der Waals surface area contributed by atoms with Crippen LogP contribution in [0.1, 0.15) is 25.8 Å². The monoisotopic (exact) mass is 616 g/mol. The van der Waals surface area contributed by atoms with Crippen LogP contribution in [-0.4, -0.2) is 76.7 Å². The fourth-order valence-corrected chi connectivity index (χ4v) is 9.46. The van der Waals surface area contributed by atoms with Gasteiger partial charge in [-0.15, -0.1) is 0 Å². The molecule has 2 fully saturated rings. The van der Waals surface area contributed by atoms with E-state index in [1.807, 2.05) is 30.3 Å². The normalized spacial score (nSPS) is 20.2. The number of nitrogens with zero attached hydrogens (tertiary/aromatic N) is 4. The number of hydrogen-bond acceptors (Lipinski definition) is 8. The van der Waals surface area contributed by atoms with E-state index in [4.69, 9.17) is 17.3 Å². The SMILES string of the molecule is CCN(CC)S(=O)(=O)c1cccc(-c2nn(-c3ccccc3)cc2C=C2SC(=S)N(C3CCS(=O)(=O)C3)C2=O)c1. The van der Waals surface area contributed by atoms with Crippen molar-refractivity contribution in [1.82, 2.24) is 19.0 Å². The second-order valence-corrected chi connectivity index (χ2v) is 15.3. The van der Waals surface area contributed by atoms with Crippen molar-refractivity contribution < 1.29 is 21.6 Å². The molecule has 1 unspecified atom stereocenters. The van der Waals surface area contributed by atoms with E-state index in [1.54, 1.807) is 55.1 Å². The highest BCUT2D eigenvalue weighted by Crippen LogP contribution is 2.38. The molecule has 5 rings (SSSR count). The lowest BCUT2D eigenvalue weighted by Crippen LogP contribution is -2.39. The molecule has 2 aromatic carbocycles. The van der Waals surface area contributed by atoms with Crippen LogP contribution in [0.2, 0.25) is 0 Å². The van der Waals surface area contributed by atoms with Crippen LogP contribution >= 0.6 is 24.0 Å². The summed E-state index contributed by atoms with van der Waals surface area (Å²) in [7, 11) is -6.90. The van der Waals surface area contributed by atoms with Gasteiger partial charge in [-0.05, 0) is 36.8 Å². The Morgan fingerprint density at radius 2 is 1.85 bits per heavy atom. The van der Waals surface area contributed by atoms with Gasteiger partial charge in [0.25, 0.3) is 5.91 Å². The Labute approximate surface area is 243 Å². The van der Waals surface area contributed by atoms with Gasteiger partial charge in [0, 0.05) is 30.4 Å². The fraction of sp³-hybridized carbons (Fsp3) is 0.296. The van der Waals surface area contributed by atoms with Gasteiger partial charge in [0.05, 0.1) is 33.0 Å². The van der Waals surface area contributed by atoms with Gasteiger partial charge >= 0.3 is 0 Å². The van der Waals surface area contributed by atoms with E-state index >= 15 is 0 Å². The summed E-state index contributed by atoms with van der Waals surface area (Å²) in [6.45, 7) is 4.28. The minimum atomic E-state index is -3.70. The first kappa shape index (κ1) is 28.7. The van der Waals surface area contributed by atoms with E-state index in [1.165, 1.54) is 9.21 Å². The average molecular weight is 617 g/mol. The quantitative estimate of drug-likeness (QED) is 0.277. The zero-order valence-electron chi connectivity index (χ0n) is 21.9. The molecule has 40 heavy (non-hydrogen) atoms. The van der Waals surface area contributed by atoms with Crippen LogP contribution in [0.25, 0.3) is 23.0 Å². The predicted molar refractivity (Wildman–Crippen MR) is 161 cm³/mol. The number of sulfonamides is 1. The molecule has 2 aliphatic rings. The van der Waals surface area contributed by atoms with Crippen LogP contribution in [0.4, 0.5) is 0 Å². The van der Waals surface area contributed by atoms with Gasteiger partial charge in [-0.2, -0.15) is 9.40 Å². The molecular formula is C27H28N4O5S4. The summed E-state index contributed by atoms with van der Waals surface area (Å²) in [6, 6.07) is 15.6. The van der Waals surface area contributed by atoms with Crippen molar-refractivity contribution in [2.75, 3.05) is 24.6 Å². The number of aromatic nitrogens is 2. The van der Waals surface area contributed by atoms with Gasteiger partial charge in [-0.25, -0.2) is 21.5 Å². The highest BCUT2D eigenvalue weighted by atomic mass is 32.2. The van der Waals surface area contributed by atoms with Gasteiger partial charge in [0.15, 0.2) is 9.84 Å². The second kappa shape index (κ2) is 11.2. The summed E-state index contributed by atoms with van der Waals surface area (Å²) in [5, 5.41) is 4.78. The Balaban J connectivity index is 1.58. The number of amides is 1. The number of carbonyl (C=O) groups is 1. The van der Waals surface area contributed by atoms with Gasteiger partial charge in [-0.3, -0.25) is 9.69 Å². The Kier molecular flexibility index (Phi) is 8.03. The van der Waals surface area contributed by atoms with Crippen molar-refractivity contribution >= 4 is 60.1 Å². The van der Waals surface area contributed by atoms with Gasteiger partial charge < -0.3 is 0 Å². The molecule has 0 radical (unpaired) electrons. The largest absolute Gasteiger partial charge is 0.289 e. The molecule has 1 atom stereocenters. The third kappa shape index (κ3) is 5.53. The molecule has 2 saturated heterocycles. The number of carbonyl (C=O) groups excluding carboxylic acids is 1. The van der Waals surface area contributed by atoms with Crippen molar-refractivity contribution in [2.45, 2.75) is 31.2 Å². The average Bonchev–Trinajstić information content (AvgIpc) is 3.60. The van der Waals surface area contributed by atoms with Gasteiger partial charge in [-0.1, -0.05) is 68.2 Å². The van der Waals surface area contributed by atoms with Crippen molar-refractivity contribution in [3.8, 4) is 16.9 Å². The molecule has 9 nitrogen and oxygen atoms in total. The molecule has 1 aromatic heterocycles. The first-order valence-corrected chi connectivity index (χ1v) is 17.3. The second-order valence-electron chi connectivity index (χ2n) is 9.44. The molecule has 0 saturated carbocycles. The van der Waals surface area contributed by atoms with Crippen LogP contribution in [0.3, 0.4) is 0 Å². The summed E-state index contributed by atoms with van der Waals surface area (Å²) in [4.78, 5) is 15.3. The van der Waals surface area contributed by atoms with Gasteiger partial charge in [0.2, 0.25) is 10.0 Å². The van der Waals surface area contributed by atoms with Crippen LogP contribution in [0, 0.1) is 0 Å². The number of hydrogen-bond donors (Lipinski definition) is 0. The third-order valence-electron chi connectivity index (χ3n) is 6.90. The third-order valence-corrected chi connectivity index (χ3v) is 12.0. The minimum absolute atomic E-state index is 0.0362. The summed E-state index contributed by atoms with van der Waals surface area (Å²) < 4.78 is 53.9. The number of sulfone groups is 1. The Bertz CT molecular complexity index is 1710. The molecule has 3 heterocycles. The number of para-hydroxylation sites is 1. The Morgan fingerprint density at radius 3 is 2.50 bits per heavy atom. The standard InChI is InChI=1S/C27H28N4O5S4/c1-3-29(4-2)40(35,36)23-12-8-9-19(15-23)25-20(17-30(28-25)21-10-6-5-7-11-21)16-24-26(32)31(27(37)38-24)22-13-14-39(33,34)18-22/h5-12,15-17,22H,3-4,13-14,18H2,1-2H3. The molecule has 210 valence electrons. The lowest BCUT2D eigenvalue weighted by molar-refractivity contribution is -0.123. The molecule has 0 N–H and O–H groups in total. The van der Waals surface area contributed by atoms with Crippen molar-refractivity contribution in [3.05, 3.63) is 71.3 Å². The Morgan fingerprint density at radius 1 is 1.12 bits per heavy atom. The van der Waals surface area contributed by atoms with Crippen molar-refractivity contribution in [1.29, 1.82) is 0 Å². The molecule has 0 bridgehead atoms. The maximum absolute atomic E-state index is 13.4. The van der Waals surface area contributed by atoms with E-state index in [0.717, 1.165) is 17.4 Å². The topological polar surface area (TPSA) is 110 Å². The molecule has 0 spiro atoms. The first-order valence-electron chi connectivity index (χ1n) is 12.8. The lowest BCUT2D eigenvalue weighted by atomic mass is 10.1. The van der Waals surface area contributed by atoms with Crippen molar-refractivity contribution in [2.24, 2.45) is 0 Å². The molecule has 0 aliphatic carbocycles. The van der Waals surface area contributed by atoms with E-state index in [2.05, 4.69) is 0 Å². The molecule has 2 aliphatic heterocycles. The van der Waals surface area contributed by atoms with Crippen LogP contribution in [0.5, 0.6) is 0 Å². The number of thioether (sulfide) groups is 1. The van der Waals surface area contributed by atoms with Crippen molar-refractivity contribution in [3.63, 3.8) is 0 Å². The molecular weight excluding hydrogens is 589 g/mol. The summed E-state index contributed by atoms with van der Waals surface area (Å²) in [5.41, 5.74) is 2.46. The van der Waals surface area contributed by atoms with E-state index < -0.39 is 25.9 Å². The van der Waals surface area contributed by atoms with E-state index in [0.29, 0.717) is 45.6 Å². The minimum Gasteiger partial charge on any atom is -0.289 e. The fourth-order valence-electron chi connectivity index (χ4n) is 4.86.